The van der Waals surface area contributed by atoms with Gasteiger partial charge in [-0.15, -0.1) is 0 Å². The highest BCUT2D eigenvalue weighted by Crippen LogP contribution is 2.15. The zero-order valence-corrected chi connectivity index (χ0v) is 9.26. The van der Waals surface area contributed by atoms with Gasteiger partial charge < -0.3 is 10.5 Å². The molecule has 1 aromatic carbocycles. The van der Waals surface area contributed by atoms with Crippen molar-refractivity contribution in [3.63, 3.8) is 0 Å². The summed E-state index contributed by atoms with van der Waals surface area (Å²) in [7, 11) is 0. The predicted octanol–water partition coefficient (Wildman–Crippen LogP) is 1.73. The molecule has 0 unspecified atom stereocenters. The van der Waals surface area contributed by atoms with E-state index >= 15 is 0 Å². The van der Waals surface area contributed by atoms with Crippen molar-refractivity contribution in [2.24, 2.45) is 5.73 Å². The first-order chi connectivity index (χ1) is 7.83. The molecule has 2 aromatic rings. The standard InChI is InChI=1S/C12H15N3O/c1-2-16-12-5-3-11(4-6-12)15-9-10(7-13)8-14-15/h3-6,8-9H,2,7,13H2,1H3. The van der Waals surface area contributed by atoms with Crippen LogP contribution in [0.3, 0.4) is 0 Å². The van der Waals surface area contributed by atoms with E-state index in [0.717, 1.165) is 17.0 Å². The van der Waals surface area contributed by atoms with Gasteiger partial charge in [-0.05, 0) is 31.2 Å². The predicted molar refractivity (Wildman–Crippen MR) is 62.6 cm³/mol. The number of benzene rings is 1. The van der Waals surface area contributed by atoms with Gasteiger partial charge >= 0.3 is 0 Å². The lowest BCUT2D eigenvalue weighted by Gasteiger charge is -2.04. The van der Waals surface area contributed by atoms with Gasteiger partial charge in [-0.3, -0.25) is 0 Å². The third-order valence-electron chi connectivity index (χ3n) is 2.28. The van der Waals surface area contributed by atoms with Crippen molar-refractivity contribution in [1.29, 1.82) is 0 Å². The van der Waals surface area contributed by atoms with Gasteiger partial charge in [-0.25, -0.2) is 4.68 Å². The molecule has 2 N–H and O–H groups in total. The average Bonchev–Trinajstić information content (AvgIpc) is 2.79. The van der Waals surface area contributed by atoms with Crippen molar-refractivity contribution in [3.8, 4) is 11.4 Å². The van der Waals surface area contributed by atoms with E-state index in [0.29, 0.717) is 13.2 Å². The monoisotopic (exact) mass is 217 g/mol. The number of rotatable bonds is 4. The summed E-state index contributed by atoms with van der Waals surface area (Å²) in [6, 6.07) is 7.81. The summed E-state index contributed by atoms with van der Waals surface area (Å²) in [5, 5.41) is 4.23. The highest BCUT2D eigenvalue weighted by Gasteiger charge is 2.00. The number of nitrogens with zero attached hydrogens (tertiary/aromatic N) is 2. The fraction of sp³-hybridized carbons (Fsp3) is 0.250. The Bertz CT molecular complexity index is 448. The second kappa shape index (κ2) is 4.81. The molecule has 0 amide bonds. The molecule has 4 heteroatoms. The maximum Gasteiger partial charge on any atom is 0.119 e. The molecule has 1 aromatic heterocycles. The molecule has 4 nitrogen and oxygen atoms in total. The summed E-state index contributed by atoms with van der Waals surface area (Å²) in [6.07, 6.45) is 3.70. The van der Waals surface area contributed by atoms with Gasteiger partial charge in [0.05, 0.1) is 18.5 Å². The smallest absolute Gasteiger partial charge is 0.119 e. The van der Waals surface area contributed by atoms with Crippen molar-refractivity contribution < 1.29 is 4.74 Å². The minimum absolute atomic E-state index is 0.511. The average molecular weight is 217 g/mol. The zero-order chi connectivity index (χ0) is 11.4. The van der Waals surface area contributed by atoms with Crippen LogP contribution in [0.2, 0.25) is 0 Å². The lowest BCUT2D eigenvalue weighted by molar-refractivity contribution is 0.340. The molecule has 0 atom stereocenters. The molecule has 0 saturated heterocycles. The lowest BCUT2D eigenvalue weighted by atomic mass is 10.3. The van der Waals surface area contributed by atoms with E-state index in [1.165, 1.54) is 0 Å². The Hall–Kier alpha value is -1.81. The third-order valence-corrected chi connectivity index (χ3v) is 2.28. The normalized spacial score (nSPS) is 10.4. The molecule has 0 aliphatic carbocycles. The zero-order valence-electron chi connectivity index (χ0n) is 9.26. The van der Waals surface area contributed by atoms with E-state index in [1.54, 1.807) is 10.9 Å². The Morgan fingerprint density at radius 3 is 2.62 bits per heavy atom. The van der Waals surface area contributed by atoms with Crippen LogP contribution in [0.25, 0.3) is 5.69 Å². The summed E-state index contributed by atoms with van der Waals surface area (Å²) in [5.74, 6) is 0.873. The highest BCUT2D eigenvalue weighted by molar-refractivity contribution is 5.37. The molecule has 0 saturated carbocycles. The van der Waals surface area contributed by atoms with Gasteiger partial charge in [0.15, 0.2) is 0 Å². The first kappa shape index (κ1) is 10.7. The van der Waals surface area contributed by atoms with Crippen LogP contribution < -0.4 is 10.5 Å². The van der Waals surface area contributed by atoms with E-state index < -0.39 is 0 Å². The number of hydrogen-bond donors (Lipinski definition) is 1. The summed E-state index contributed by atoms with van der Waals surface area (Å²) in [5.41, 5.74) is 7.56. The van der Waals surface area contributed by atoms with Gasteiger partial charge in [0.2, 0.25) is 0 Å². The summed E-state index contributed by atoms with van der Waals surface area (Å²) < 4.78 is 7.18. The Morgan fingerprint density at radius 2 is 2.06 bits per heavy atom. The first-order valence-electron chi connectivity index (χ1n) is 5.30. The molecular weight excluding hydrogens is 202 g/mol. The second-order valence-electron chi connectivity index (χ2n) is 3.42. The maximum atomic E-state index is 5.53. The summed E-state index contributed by atoms with van der Waals surface area (Å²) >= 11 is 0. The minimum Gasteiger partial charge on any atom is -0.494 e. The second-order valence-corrected chi connectivity index (χ2v) is 3.42. The van der Waals surface area contributed by atoms with Crippen molar-refractivity contribution >= 4 is 0 Å². The largest absolute Gasteiger partial charge is 0.494 e. The van der Waals surface area contributed by atoms with Crippen molar-refractivity contribution in [2.45, 2.75) is 13.5 Å². The van der Waals surface area contributed by atoms with Crippen LogP contribution in [-0.2, 0) is 6.54 Å². The first-order valence-corrected chi connectivity index (χ1v) is 5.30. The molecule has 0 fully saturated rings. The third kappa shape index (κ3) is 2.23. The van der Waals surface area contributed by atoms with E-state index in [1.807, 2.05) is 37.4 Å². The van der Waals surface area contributed by atoms with Crippen LogP contribution in [0.5, 0.6) is 5.75 Å². The van der Waals surface area contributed by atoms with Gasteiger partial charge in [0, 0.05) is 18.3 Å². The lowest BCUT2D eigenvalue weighted by Crippen LogP contribution is -1.96. The Kier molecular flexibility index (Phi) is 3.22. The molecule has 0 bridgehead atoms. The molecular formula is C12H15N3O. The van der Waals surface area contributed by atoms with Crippen molar-refractivity contribution in [3.05, 3.63) is 42.2 Å². The Labute approximate surface area is 94.6 Å². The van der Waals surface area contributed by atoms with E-state index in [2.05, 4.69) is 5.10 Å². The molecule has 16 heavy (non-hydrogen) atoms. The number of aromatic nitrogens is 2. The van der Waals surface area contributed by atoms with Crippen LogP contribution in [0.15, 0.2) is 36.7 Å². The van der Waals surface area contributed by atoms with E-state index in [9.17, 15) is 0 Å². The van der Waals surface area contributed by atoms with Crippen LogP contribution in [-0.4, -0.2) is 16.4 Å². The highest BCUT2D eigenvalue weighted by atomic mass is 16.5. The maximum absolute atomic E-state index is 5.53. The molecule has 1 heterocycles. The fourth-order valence-electron chi connectivity index (χ4n) is 1.47. The number of hydrogen-bond acceptors (Lipinski definition) is 3. The van der Waals surface area contributed by atoms with E-state index in [-0.39, 0.29) is 0 Å². The van der Waals surface area contributed by atoms with Gasteiger partial charge in [-0.2, -0.15) is 5.10 Å². The summed E-state index contributed by atoms with van der Waals surface area (Å²) in [6.45, 7) is 3.16. The molecule has 0 spiro atoms. The van der Waals surface area contributed by atoms with Crippen LogP contribution in [0, 0.1) is 0 Å². The van der Waals surface area contributed by atoms with Crippen LogP contribution >= 0.6 is 0 Å². The summed E-state index contributed by atoms with van der Waals surface area (Å²) in [4.78, 5) is 0. The molecule has 0 aliphatic heterocycles. The number of nitrogens with two attached hydrogens (primary N) is 1. The SMILES string of the molecule is CCOc1ccc(-n2cc(CN)cn2)cc1. The van der Waals surface area contributed by atoms with Gasteiger partial charge in [0.1, 0.15) is 5.75 Å². The molecule has 0 radical (unpaired) electrons. The van der Waals surface area contributed by atoms with Crippen LogP contribution in [0.4, 0.5) is 0 Å². The van der Waals surface area contributed by atoms with E-state index in [4.69, 9.17) is 10.5 Å². The fourth-order valence-corrected chi connectivity index (χ4v) is 1.47. The minimum atomic E-state index is 0.511. The quantitative estimate of drug-likeness (QED) is 0.848. The molecule has 84 valence electrons. The topological polar surface area (TPSA) is 53.1 Å². The Balaban J connectivity index is 2.20. The van der Waals surface area contributed by atoms with Gasteiger partial charge in [-0.1, -0.05) is 0 Å². The van der Waals surface area contributed by atoms with Crippen LogP contribution in [0.1, 0.15) is 12.5 Å². The molecule has 2 rings (SSSR count). The van der Waals surface area contributed by atoms with Gasteiger partial charge in [0.25, 0.3) is 0 Å². The van der Waals surface area contributed by atoms with Crippen molar-refractivity contribution in [1.82, 2.24) is 9.78 Å². The van der Waals surface area contributed by atoms with Crippen molar-refractivity contribution in [2.75, 3.05) is 6.61 Å². The number of ether oxygens (including phenoxy) is 1. The molecule has 0 aliphatic rings. The Morgan fingerprint density at radius 1 is 1.31 bits per heavy atom.